The van der Waals surface area contributed by atoms with Gasteiger partial charge >= 0.3 is 7.75 Å². The van der Waals surface area contributed by atoms with Crippen LogP contribution in [0.3, 0.4) is 0 Å². The van der Waals surface area contributed by atoms with E-state index in [9.17, 15) is 4.57 Å². The summed E-state index contributed by atoms with van der Waals surface area (Å²) in [5.41, 5.74) is 0. The first kappa shape index (κ1) is 15.1. The van der Waals surface area contributed by atoms with Crippen molar-refractivity contribution in [3.8, 4) is 0 Å². The quantitative estimate of drug-likeness (QED) is 0.625. The molecule has 0 aliphatic rings. The Balaban J connectivity index is 4.29. The molecule has 0 saturated carbocycles. The van der Waals surface area contributed by atoms with Crippen LogP contribution in [-0.4, -0.2) is 19.3 Å². The first-order valence-electron chi connectivity index (χ1n) is 5.78. The van der Waals surface area contributed by atoms with Crippen LogP contribution in [0.25, 0.3) is 0 Å². The fourth-order valence-corrected chi connectivity index (χ4v) is 3.05. The van der Waals surface area contributed by atoms with Gasteiger partial charge in [-0.2, -0.15) is 0 Å². The molecular weight excluding hydrogens is 213 g/mol. The summed E-state index contributed by atoms with van der Waals surface area (Å²) < 4.78 is 22.4. The Morgan fingerprint density at radius 3 is 2.00 bits per heavy atom. The molecule has 0 rings (SSSR count). The molecule has 0 aliphatic heterocycles. The molecule has 0 amide bonds. The number of rotatable bonds is 9. The molecule has 0 spiro atoms. The maximum Gasteiger partial charge on any atom is 0.405 e. The lowest BCUT2D eigenvalue weighted by atomic mass is 10.1. The zero-order chi connectivity index (χ0) is 11.7. The van der Waals surface area contributed by atoms with E-state index in [1.54, 1.807) is 0 Å². The summed E-state index contributed by atoms with van der Waals surface area (Å²) in [5, 5.41) is 2.99. The molecule has 1 atom stereocenters. The Kier molecular flexibility index (Phi) is 8.34. The number of hydrogen-bond donors (Lipinski definition) is 1. The molecule has 0 aromatic carbocycles. The third-order valence-corrected chi connectivity index (χ3v) is 3.95. The molecule has 4 nitrogen and oxygen atoms in total. The summed E-state index contributed by atoms with van der Waals surface area (Å²) in [6, 6.07) is 0.207. The third kappa shape index (κ3) is 6.31. The lowest BCUT2D eigenvalue weighted by molar-refractivity contribution is 0.205. The topological polar surface area (TPSA) is 47.6 Å². The summed E-state index contributed by atoms with van der Waals surface area (Å²) in [7, 11) is -3.07. The second-order valence-corrected chi connectivity index (χ2v) is 5.13. The van der Waals surface area contributed by atoms with E-state index in [-0.39, 0.29) is 6.04 Å². The van der Waals surface area contributed by atoms with Gasteiger partial charge in [0.1, 0.15) is 0 Å². The molecule has 0 heterocycles. The molecule has 15 heavy (non-hydrogen) atoms. The van der Waals surface area contributed by atoms with Crippen molar-refractivity contribution in [3.05, 3.63) is 0 Å². The molecule has 5 heteroatoms. The zero-order valence-corrected chi connectivity index (χ0v) is 11.2. The first-order chi connectivity index (χ1) is 7.11. The average molecular weight is 237 g/mol. The van der Waals surface area contributed by atoms with Crippen molar-refractivity contribution < 1.29 is 13.6 Å². The zero-order valence-electron chi connectivity index (χ0n) is 10.3. The minimum atomic E-state index is -3.07. The predicted octanol–water partition coefficient (Wildman–Crippen LogP) is 3.34. The molecule has 0 fully saturated rings. The second-order valence-electron chi connectivity index (χ2n) is 3.36. The molecule has 0 bridgehead atoms. The van der Waals surface area contributed by atoms with Crippen LogP contribution in [0.4, 0.5) is 0 Å². The largest absolute Gasteiger partial charge is 0.405 e. The van der Waals surface area contributed by atoms with Gasteiger partial charge in [0, 0.05) is 6.04 Å². The molecule has 0 aromatic heterocycles. The Morgan fingerprint density at radius 2 is 1.67 bits per heavy atom. The standard InChI is InChI=1S/C10H24NO3P/c1-5-9-10(6-2)11-15(12,13-7-3)14-8-4/h10H,5-9H2,1-4H3,(H,11,12). The summed E-state index contributed by atoms with van der Waals surface area (Å²) in [5.74, 6) is 0. The first-order valence-corrected chi connectivity index (χ1v) is 7.32. The van der Waals surface area contributed by atoms with E-state index in [2.05, 4.69) is 18.9 Å². The van der Waals surface area contributed by atoms with Gasteiger partial charge in [-0.3, -0.25) is 9.05 Å². The van der Waals surface area contributed by atoms with Gasteiger partial charge in [0.05, 0.1) is 13.2 Å². The van der Waals surface area contributed by atoms with Gasteiger partial charge in [-0.05, 0) is 26.7 Å². The smallest absolute Gasteiger partial charge is 0.297 e. The molecule has 0 aliphatic carbocycles. The normalized spacial score (nSPS) is 14.1. The fourth-order valence-electron chi connectivity index (χ4n) is 1.38. The Morgan fingerprint density at radius 1 is 1.13 bits per heavy atom. The lowest BCUT2D eigenvalue weighted by Crippen LogP contribution is -2.27. The van der Waals surface area contributed by atoms with Gasteiger partial charge in [-0.1, -0.05) is 20.3 Å². The van der Waals surface area contributed by atoms with Crippen LogP contribution >= 0.6 is 7.75 Å². The maximum absolute atomic E-state index is 12.1. The SMILES string of the molecule is CCCC(CC)NP(=O)(OCC)OCC. The highest BCUT2D eigenvalue weighted by atomic mass is 31.2. The van der Waals surface area contributed by atoms with Gasteiger partial charge in [-0.15, -0.1) is 0 Å². The average Bonchev–Trinajstić information content (AvgIpc) is 2.17. The molecule has 1 N–H and O–H groups in total. The molecular formula is C10H24NO3P. The van der Waals surface area contributed by atoms with Gasteiger partial charge < -0.3 is 0 Å². The second kappa shape index (κ2) is 8.28. The van der Waals surface area contributed by atoms with Crippen LogP contribution in [0, 0.1) is 0 Å². The van der Waals surface area contributed by atoms with Gasteiger partial charge in [-0.25, -0.2) is 9.65 Å². The highest BCUT2D eigenvalue weighted by molar-refractivity contribution is 7.51. The van der Waals surface area contributed by atoms with E-state index in [4.69, 9.17) is 9.05 Å². The van der Waals surface area contributed by atoms with Crippen LogP contribution in [0.2, 0.25) is 0 Å². The molecule has 0 saturated heterocycles. The van der Waals surface area contributed by atoms with E-state index >= 15 is 0 Å². The summed E-state index contributed by atoms with van der Waals surface area (Å²) in [6.45, 7) is 8.59. The van der Waals surface area contributed by atoms with Crippen molar-refractivity contribution in [3.63, 3.8) is 0 Å². The van der Waals surface area contributed by atoms with Crippen LogP contribution in [0.1, 0.15) is 47.0 Å². The molecule has 1 unspecified atom stereocenters. The fraction of sp³-hybridized carbons (Fsp3) is 1.00. The Labute approximate surface area is 93.3 Å². The highest BCUT2D eigenvalue weighted by Crippen LogP contribution is 2.44. The van der Waals surface area contributed by atoms with Gasteiger partial charge in [0.25, 0.3) is 0 Å². The van der Waals surface area contributed by atoms with Crippen molar-refractivity contribution in [1.82, 2.24) is 5.09 Å². The van der Waals surface area contributed by atoms with Crippen molar-refractivity contribution >= 4 is 7.75 Å². The van der Waals surface area contributed by atoms with Crippen LogP contribution in [0.5, 0.6) is 0 Å². The van der Waals surface area contributed by atoms with E-state index < -0.39 is 7.75 Å². The molecule has 92 valence electrons. The van der Waals surface area contributed by atoms with Gasteiger partial charge in [0.15, 0.2) is 0 Å². The van der Waals surface area contributed by atoms with E-state index in [1.807, 2.05) is 13.8 Å². The third-order valence-electron chi connectivity index (χ3n) is 2.07. The van der Waals surface area contributed by atoms with E-state index in [0.29, 0.717) is 13.2 Å². The van der Waals surface area contributed by atoms with Crippen molar-refractivity contribution in [2.45, 2.75) is 53.0 Å². The van der Waals surface area contributed by atoms with Gasteiger partial charge in [0.2, 0.25) is 0 Å². The lowest BCUT2D eigenvalue weighted by Gasteiger charge is -2.23. The molecule has 0 aromatic rings. The highest BCUT2D eigenvalue weighted by Gasteiger charge is 2.26. The number of hydrogen-bond acceptors (Lipinski definition) is 3. The Hall–Kier alpha value is 0.110. The van der Waals surface area contributed by atoms with E-state index in [1.165, 1.54) is 0 Å². The van der Waals surface area contributed by atoms with E-state index in [0.717, 1.165) is 19.3 Å². The minimum Gasteiger partial charge on any atom is -0.297 e. The summed E-state index contributed by atoms with van der Waals surface area (Å²) in [6.07, 6.45) is 2.97. The maximum atomic E-state index is 12.1. The predicted molar refractivity (Wildman–Crippen MR) is 63.0 cm³/mol. The Bertz CT molecular complexity index is 189. The van der Waals surface area contributed by atoms with Crippen LogP contribution in [0.15, 0.2) is 0 Å². The molecule has 0 radical (unpaired) electrons. The number of nitrogens with one attached hydrogen (secondary N) is 1. The summed E-state index contributed by atoms with van der Waals surface area (Å²) in [4.78, 5) is 0. The monoisotopic (exact) mass is 237 g/mol. The van der Waals surface area contributed by atoms with Crippen LogP contribution in [-0.2, 0) is 13.6 Å². The minimum absolute atomic E-state index is 0.207. The van der Waals surface area contributed by atoms with Crippen molar-refractivity contribution in [1.29, 1.82) is 0 Å². The summed E-state index contributed by atoms with van der Waals surface area (Å²) >= 11 is 0. The van der Waals surface area contributed by atoms with Crippen LogP contribution < -0.4 is 5.09 Å². The van der Waals surface area contributed by atoms with Crippen molar-refractivity contribution in [2.75, 3.05) is 13.2 Å². The van der Waals surface area contributed by atoms with Crippen molar-refractivity contribution in [2.24, 2.45) is 0 Å².